The van der Waals surface area contributed by atoms with E-state index < -0.39 is 0 Å². The van der Waals surface area contributed by atoms with Crippen LogP contribution in [0.15, 0.2) is 41.0 Å². The van der Waals surface area contributed by atoms with Crippen LogP contribution in [-0.2, 0) is 11.3 Å². The quantitative estimate of drug-likeness (QED) is 0.854. The Morgan fingerprint density at radius 3 is 2.59 bits per heavy atom. The number of anilines is 1. The number of hydrogen-bond donors (Lipinski definition) is 1. The zero-order valence-electron chi connectivity index (χ0n) is 16.4. The lowest BCUT2D eigenvalue weighted by molar-refractivity contribution is -0.130. The minimum absolute atomic E-state index is 0.0212. The summed E-state index contributed by atoms with van der Waals surface area (Å²) in [5.74, 6) is 2.10. The van der Waals surface area contributed by atoms with E-state index in [1.54, 1.807) is 36.3 Å². The van der Waals surface area contributed by atoms with E-state index in [1.807, 2.05) is 17.0 Å². The molecule has 0 saturated carbocycles. The summed E-state index contributed by atoms with van der Waals surface area (Å²) >= 11 is 0. The van der Waals surface area contributed by atoms with Gasteiger partial charge in [0.15, 0.2) is 11.5 Å². The molecule has 0 radical (unpaired) electrons. The Bertz CT molecular complexity index is 859. The van der Waals surface area contributed by atoms with Crippen LogP contribution in [0.5, 0.6) is 11.5 Å². The van der Waals surface area contributed by atoms with Crippen LogP contribution >= 0.6 is 0 Å². The molecule has 3 amide bonds. The summed E-state index contributed by atoms with van der Waals surface area (Å²) in [6, 6.07) is 8.85. The van der Waals surface area contributed by atoms with E-state index in [0.717, 1.165) is 18.6 Å². The summed E-state index contributed by atoms with van der Waals surface area (Å²) in [5.41, 5.74) is 0.643. The fourth-order valence-electron chi connectivity index (χ4n) is 3.75. The first kappa shape index (κ1) is 19.2. The van der Waals surface area contributed by atoms with Crippen LogP contribution in [0.2, 0.25) is 0 Å². The van der Waals surface area contributed by atoms with Crippen LogP contribution in [0.3, 0.4) is 0 Å². The van der Waals surface area contributed by atoms with Gasteiger partial charge >= 0.3 is 6.03 Å². The molecule has 1 fully saturated rings. The first-order valence-corrected chi connectivity index (χ1v) is 9.85. The van der Waals surface area contributed by atoms with Crippen molar-refractivity contribution >= 4 is 17.6 Å². The summed E-state index contributed by atoms with van der Waals surface area (Å²) in [7, 11) is 0. The Morgan fingerprint density at radius 1 is 1.14 bits per heavy atom. The molecular weight excluding hydrogens is 374 g/mol. The second-order valence-electron chi connectivity index (χ2n) is 7.23. The molecule has 0 bridgehead atoms. The van der Waals surface area contributed by atoms with Gasteiger partial charge in [0.25, 0.3) is 0 Å². The van der Waals surface area contributed by atoms with Crippen LogP contribution < -0.4 is 14.8 Å². The zero-order chi connectivity index (χ0) is 20.2. The van der Waals surface area contributed by atoms with E-state index in [0.29, 0.717) is 50.0 Å². The highest BCUT2D eigenvalue weighted by Crippen LogP contribution is 2.33. The highest BCUT2D eigenvalue weighted by atomic mass is 16.6. The van der Waals surface area contributed by atoms with Crippen molar-refractivity contribution in [2.75, 3.05) is 31.6 Å². The lowest BCUT2D eigenvalue weighted by atomic mass is 10.0. The van der Waals surface area contributed by atoms with Gasteiger partial charge in [0.2, 0.25) is 5.91 Å². The maximum absolute atomic E-state index is 13.1. The van der Waals surface area contributed by atoms with Crippen molar-refractivity contribution in [2.45, 2.75) is 32.4 Å². The van der Waals surface area contributed by atoms with Crippen molar-refractivity contribution in [3.63, 3.8) is 0 Å². The van der Waals surface area contributed by atoms with E-state index in [4.69, 9.17) is 13.9 Å². The summed E-state index contributed by atoms with van der Waals surface area (Å²) < 4.78 is 16.6. The number of urea groups is 1. The monoisotopic (exact) mass is 399 g/mol. The van der Waals surface area contributed by atoms with E-state index in [1.165, 1.54) is 0 Å². The molecule has 8 heteroatoms. The van der Waals surface area contributed by atoms with Gasteiger partial charge in [0.1, 0.15) is 19.0 Å². The average molecular weight is 399 g/mol. The normalized spacial score (nSPS) is 16.4. The number of nitrogens with one attached hydrogen (secondary N) is 1. The number of rotatable bonds is 4. The van der Waals surface area contributed by atoms with Crippen molar-refractivity contribution in [3.8, 4) is 11.5 Å². The second-order valence-corrected chi connectivity index (χ2v) is 7.23. The van der Waals surface area contributed by atoms with Crippen molar-refractivity contribution in [1.29, 1.82) is 0 Å². The van der Waals surface area contributed by atoms with Crippen molar-refractivity contribution < 1.29 is 23.5 Å². The fraction of sp³-hybridized carbons (Fsp3) is 0.429. The van der Waals surface area contributed by atoms with Crippen LogP contribution in [0.25, 0.3) is 0 Å². The molecular formula is C21H25N3O5. The maximum Gasteiger partial charge on any atom is 0.322 e. The van der Waals surface area contributed by atoms with Gasteiger partial charge in [-0.2, -0.15) is 0 Å². The van der Waals surface area contributed by atoms with Crippen molar-refractivity contribution in [3.05, 3.63) is 42.4 Å². The third-order valence-corrected chi connectivity index (χ3v) is 5.31. The molecule has 2 aromatic rings. The Hall–Kier alpha value is -3.16. The van der Waals surface area contributed by atoms with Crippen LogP contribution in [0.4, 0.5) is 10.5 Å². The molecule has 4 rings (SSSR count). The van der Waals surface area contributed by atoms with E-state index >= 15 is 0 Å². The molecule has 1 saturated heterocycles. The molecule has 2 aliphatic rings. The molecule has 0 unspecified atom stereocenters. The van der Waals surface area contributed by atoms with Crippen LogP contribution in [-0.4, -0.2) is 54.1 Å². The Kier molecular flexibility index (Phi) is 5.59. The largest absolute Gasteiger partial charge is 0.486 e. The number of hydrogen-bond acceptors (Lipinski definition) is 5. The van der Waals surface area contributed by atoms with Crippen LogP contribution in [0, 0.1) is 0 Å². The van der Waals surface area contributed by atoms with Crippen molar-refractivity contribution in [2.24, 2.45) is 0 Å². The Morgan fingerprint density at radius 2 is 1.90 bits per heavy atom. The average Bonchev–Trinajstić information content (AvgIpc) is 3.25. The van der Waals surface area contributed by atoms with E-state index in [9.17, 15) is 9.59 Å². The molecule has 0 aliphatic carbocycles. The standard InChI is InChI=1S/C21H25N3O5/c1-15(25)23-8-6-17(7-9-23)24(14-18-3-2-10-27-18)21(26)22-16-4-5-19-20(13-16)29-12-11-28-19/h2-5,10,13,17H,6-9,11-12,14H2,1H3,(H,22,26). The third kappa shape index (κ3) is 4.47. The third-order valence-electron chi connectivity index (χ3n) is 5.31. The molecule has 1 N–H and O–H groups in total. The van der Waals surface area contributed by atoms with Gasteiger partial charge in [0, 0.05) is 37.8 Å². The number of furan rings is 1. The predicted octanol–water partition coefficient (Wildman–Crippen LogP) is 3.10. The number of benzene rings is 1. The summed E-state index contributed by atoms with van der Waals surface area (Å²) in [4.78, 5) is 28.4. The summed E-state index contributed by atoms with van der Waals surface area (Å²) in [5, 5.41) is 2.97. The topological polar surface area (TPSA) is 84.3 Å². The van der Waals surface area contributed by atoms with Crippen LogP contribution in [0.1, 0.15) is 25.5 Å². The molecule has 0 spiro atoms. The molecule has 2 aliphatic heterocycles. The second kappa shape index (κ2) is 8.46. The number of nitrogens with zero attached hydrogens (tertiary/aromatic N) is 2. The fourth-order valence-corrected chi connectivity index (χ4v) is 3.75. The molecule has 29 heavy (non-hydrogen) atoms. The summed E-state index contributed by atoms with van der Waals surface area (Å²) in [6.45, 7) is 4.25. The van der Waals surface area contributed by atoms with Gasteiger partial charge in [0.05, 0.1) is 12.8 Å². The molecule has 154 valence electrons. The van der Waals surface area contributed by atoms with Crippen molar-refractivity contribution in [1.82, 2.24) is 9.80 Å². The van der Waals surface area contributed by atoms with Gasteiger partial charge in [-0.25, -0.2) is 4.79 Å². The summed E-state index contributed by atoms with van der Waals surface area (Å²) in [6.07, 6.45) is 3.06. The number of amides is 3. The number of piperidine rings is 1. The molecule has 1 aromatic heterocycles. The smallest absolute Gasteiger partial charge is 0.322 e. The predicted molar refractivity (Wildman–Crippen MR) is 106 cm³/mol. The Labute approximate surface area is 169 Å². The SMILES string of the molecule is CC(=O)N1CCC(N(Cc2ccco2)C(=O)Nc2ccc3c(c2)OCCO3)CC1. The minimum atomic E-state index is -0.209. The van der Waals surface area contributed by atoms with Gasteiger partial charge in [-0.3, -0.25) is 4.79 Å². The van der Waals surface area contributed by atoms with Gasteiger partial charge in [-0.1, -0.05) is 0 Å². The van der Waals surface area contributed by atoms with E-state index in [2.05, 4.69) is 5.32 Å². The number of likely N-dealkylation sites (tertiary alicyclic amines) is 1. The first-order chi connectivity index (χ1) is 14.1. The molecule has 1 aromatic carbocycles. The van der Waals surface area contributed by atoms with Gasteiger partial charge in [-0.05, 0) is 37.1 Å². The van der Waals surface area contributed by atoms with Gasteiger partial charge < -0.3 is 29.0 Å². The molecule has 8 nitrogen and oxygen atoms in total. The maximum atomic E-state index is 13.1. The minimum Gasteiger partial charge on any atom is -0.486 e. The lowest BCUT2D eigenvalue weighted by Crippen LogP contribution is -2.49. The first-order valence-electron chi connectivity index (χ1n) is 9.85. The Balaban J connectivity index is 1.48. The molecule has 3 heterocycles. The van der Waals surface area contributed by atoms with E-state index in [-0.39, 0.29) is 18.0 Å². The highest BCUT2D eigenvalue weighted by Gasteiger charge is 2.29. The number of carbonyl (C=O) groups excluding carboxylic acids is 2. The highest BCUT2D eigenvalue weighted by molar-refractivity contribution is 5.90. The zero-order valence-corrected chi connectivity index (χ0v) is 16.4. The number of carbonyl (C=O) groups is 2. The number of ether oxygens (including phenoxy) is 2. The molecule has 0 atom stereocenters. The number of fused-ring (bicyclic) bond motifs is 1. The lowest BCUT2D eigenvalue weighted by Gasteiger charge is -2.38. The van der Waals surface area contributed by atoms with Gasteiger partial charge in [-0.15, -0.1) is 0 Å².